The van der Waals surface area contributed by atoms with Crippen molar-refractivity contribution in [2.24, 2.45) is 10.7 Å². The third-order valence-electron chi connectivity index (χ3n) is 4.29. The number of para-hydroxylation sites is 1. The Hall–Kier alpha value is -2.29. The summed E-state index contributed by atoms with van der Waals surface area (Å²) >= 11 is 0. The summed E-state index contributed by atoms with van der Waals surface area (Å²) in [5, 5.41) is 6.02. The van der Waals surface area contributed by atoms with Crippen LogP contribution in [0, 0.1) is 0 Å². The highest BCUT2D eigenvalue weighted by molar-refractivity contribution is 14.0. The molecule has 0 bridgehead atoms. The van der Waals surface area contributed by atoms with Gasteiger partial charge in [0.15, 0.2) is 5.96 Å². The van der Waals surface area contributed by atoms with Crippen molar-refractivity contribution >= 4 is 41.5 Å². The number of halogens is 1. The molecule has 1 aliphatic rings. The number of nitrogens with one attached hydrogen (secondary N) is 2. The first-order chi connectivity index (χ1) is 12.7. The van der Waals surface area contributed by atoms with Crippen LogP contribution in [-0.2, 0) is 11.2 Å². The Kier molecular flexibility index (Phi) is 7.90. The second-order valence-electron chi connectivity index (χ2n) is 6.18. The maximum absolute atomic E-state index is 12.2. The van der Waals surface area contributed by atoms with Crippen LogP contribution in [0.3, 0.4) is 0 Å². The summed E-state index contributed by atoms with van der Waals surface area (Å²) in [5.74, 6) is 0.879. The molecule has 2 aromatic rings. The van der Waals surface area contributed by atoms with Crippen molar-refractivity contribution in [1.29, 1.82) is 0 Å². The lowest BCUT2D eigenvalue weighted by Crippen LogP contribution is -2.34. The van der Waals surface area contributed by atoms with Crippen molar-refractivity contribution in [2.45, 2.75) is 25.8 Å². The number of hydrogen-bond acceptors (Lipinski definition) is 3. The molecule has 7 heteroatoms. The van der Waals surface area contributed by atoms with Gasteiger partial charge < -0.3 is 21.1 Å². The maximum Gasteiger partial charge on any atom is 0.242 e. The topological polar surface area (TPSA) is 88.7 Å². The van der Waals surface area contributed by atoms with E-state index >= 15 is 0 Å². The molecule has 1 unspecified atom stereocenters. The first-order valence-corrected chi connectivity index (χ1v) is 8.82. The molecule has 27 heavy (non-hydrogen) atoms. The molecule has 1 atom stereocenters. The van der Waals surface area contributed by atoms with Gasteiger partial charge in [-0.25, -0.2) is 4.99 Å². The number of nitrogens with two attached hydrogens (primary N) is 1. The third-order valence-corrected chi connectivity index (χ3v) is 4.29. The summed E-state index contributed by atoms with van der Waals surface area (Å²) in [6.07, 6.45) is 1.69. The minimum atomic E-state index is -0.168. The molecular weight excluding hydrogens is 455 g/mol. The number of guanidine groups is 1. The number of aliphatic imine (C=N–C) groups is 1. The molecule has 0 saturated carbocycles. The highest BCUT2D eigenvalue weighted by Gasteiger charge is 2.22. The molecule has 0 spiro atoms. The average Bonchev–Trinajstić information content (AvgIpc) is 2.67. The zero-order valence-corrected chi connectivity index (χ0v) is 17.6. The van der Waals surface area contributed by atoms with E-state index in [9.17, 15) is 4.79 Å². The van der Waals surface area contributed by atoms with Crippen LogP contribution >= 0.6 is 24.0 Å². The molecule has 4 N–H and O–H groups in total. The van der Waals surface area contributed by atoms with Crippen LogP contribution in [0.15, 0.2) is 53.5 Å². The lowest BCUT2D eigenvalue weighted by Gasteiger charge is -2.26. The molecule has 6 nitrogen and oxygen atoms in total. The molecule has 0 radical (unpaired) electrons. The number of ether oxygens (including phenoxy) is 1. The second-order valence-corrected chi connectivity index (χ2v) is 6.18. The van der Waals surface area contributed by atoms with E-state index in [4.69, 9.17) is 10.5 Å². The minimum Gasteiger partial charge on any atom is -0.493 e. The first kappa shape index (κ1) is 21.0. The number of benzene rings is 2. The van der Waals surface area contributed by atoms with E-state index in [0.29, 0.717) is 6.61 Å². The van der Waals surface area contributed by atoms with Gasteiger partial charge in [0.2, 0.25) is 5.91 Å². The zero-order chi connectivity index (χ0) is 18.4. The molecule has 2 aromatic carbocycles. The predicted molar refractivity (Wildman–Crippen MR) is 119 cm³/mol. The summed E-state index contributed by atoms with van der Waals surface area (Å²) in [6.45, 7) is 2.66. The summed E-state index contributed by atoms with van der Waals surface area (Å²) in [7, 11) is 0. The number of anilines is 1. The lowest BCUT2D eigenvalue weighted by molar-refractivity contribution is -0.120. The van der Waals surface area contributed by atoms with Crippen LogP contribution < -0.4 is 21.1 Å². The Balaban J connectivity index is 0.00000261. The van der Waals surface area contributed by atoms with Crippen LogP contribution in [0.2, 0.25) is 0 Å². The Morgan fingerprint density at radius 1 is 1.26 bits per heavy atom. The van der Waals surface area contributed by atoms with Crippen LogP contribution in [-0.4, -0.2) is 25.0 Å². The van der Waals surface area contributed by atoms with Crippen LogP contribution in [0.1, 0.15) is 30.5 Å². The molecule has 3 rings (SSSR count). The maximum atomic E-state index is 12.2. The largest absolute Gasteiger partial charge is 0.493 e. The van der Waals surface area contributed by atoms with Crippen molar-refractivity contribution < 1.29 is 9.53 Å². The van der Waals surface area contributed by atoms with E-state index < -0.39 is 0 Å². The normalized spacial score (nSPS) is 15.7. The second kappa shape index (κ2) is 10.1. The van der Waals surface area contributed by atoms with E-state index in [1.54, 1.807) is 0 Å². The molecule has 0 saturated heterocycles. The molecule has 0 fully saturated rings. The summed E-state index contributed by atoms with van der Waals surface area (Å²) in [5.41, 5.74) is 8.97. The molecule has 1 aliphatic heterocycles. The number of rotatable bonds is 5. The molecular formula is C20H25IN4O2. The number of amides is 1. The van der Waals surface area contributed by atoms with Crippen molar-refractivity contribution in [2.75, 3.05) is 18.5 Å². The van der Waals surface area contributed by atoms with Gasteiger partial charge in [0.25, 0.3) is 0 Å². The Morgan fingerprint density at radius 3 is 2.89 bits per heavy atom. The van der Waals surface area contributed by atoms with E-state index in [1.807, 2.05) is 42.5 Å². The highest BCUT2D eigenvalue weighted by Crippen LogP contribution is 2.31. The number of hydrogen-bond donors (Lipinski definition) is 3. The number of aryl methyl sites for hydroxylation is 1. The zero-order valence-electron chi connectivity index (χ0n) is 15.3. The molecule has 0 aliphatic carbocycles. The van der Waals surface area contributed by atoms with Gasteiger partial charge in [0.05, 0.1) is 12.6 Å². The van der Waals surface area contributed by atoms with E-state index in [1.165, 1.54) is 5.56 Å². The SMILES string of the molecule is CCc1cccc(NC(N)=NCC(=O)NC2CCOc3ccccc32)c1.I. The van der Waals surface area contributed by atoms with E-state index in [-0.39, 0.29) is 48.4 Å². The quantitative estimate of drug-likeness (QED) is 0.349. The molecule has 144 valence electrons. The lowest BCUT2D eigenvalue weighted by atomic mass is 10.0. The van der Waals surface area contributed by atoms with Gasteiger partial charge in [-0.05, 0) is 30.2 Å². The third kappa shape index (κ3) is 5.85. The molecule has 1 amide bonds. The smallest absolute Gasteiger partial charge is 0.242 e. The monoisotopic (exact) mass is 480 g/mol. The van der Waals surface area contributed by atoms with E-state index in [2.05, 4.69) is 28.6 Å². The van der Waals surface area contributed by atoms with Gasteiger partial charge in [-0.1, -0.05) is 37.3 Å². The number of carbonyl (C=O) groups excluding carboxylic acids is 1. The van der Waals surface area contributed by atoms with Crippen LogP contribution in [0.4, 0.5) is 5.69 Å². The Bertz CT molecular complexity index is 810. The number of fused-ring (bicyclic) bond motifs is 1. The van der Waals surface area contributed by atoms with E-state index in [0.717, 1.165) is 29.8 Å². The Morgan fingerprint density at radius 2 is 2.07 bits per heavy atom. The molecule has 0 aromatic heterocycles. The van der Waals surface area contributed by atoms with Gasteiger partial charge in [-0.2, -0.15) is 0 Å². The summed E-state index contributed by atoms with van der Waals surface area (Å²) < 4.78 is 5.61. The standard InChI is InChI=1S/C20H24N4O2.HI/c1-2-14-6-5-7-15(12-14)23-20(21)22-13-19(25)24-17-10-11-26-18-9-4-3-8-16(17)18;/h3-9,12,17H,2,10-11,13H2,1H3,(H,24,25)(H3,21,22,23);1H. The predicted octanol–water partition coefficient (Wildman–Crippen LogP) is 3.23. The van der Waals surface area contributed by atoms with Crippen molar-refractivity contribution in [1.82, 2.24) is 5.32 Å². The van der Waals surface area contributed by atoms with Gasteiger partial charge >= 0.3 is 0 Å². The fourth-order valence-electron chi connectivity index (χ4n) is 2.95. The summed E-state index contributed by atoms with van der Waals surface area (Å²) in [4.78, 5) is 16.4. The minimum absolute atomic E-state index is 0. The van der Waals surface area contributed by atoms with Crippen molar-refractivity contribution in [3.05, 3.63) is 59.7 Å². The number of nitrogens with zero attached hydrogens (tertiary/aromatic N) is 1. The van der Waals surface area contributed by atoms with Crippen molar-refractivity contribution in [3.63, 3.8) is 0 Å². The van der Waals surface area contributed by atoms with Crippen molar-refractivity contribution in [3.8, 4) is 5.75 Å². The van der Waals surface area contributed by atoms with Crippen LogP contribution in [0.5, 0.6) is 5.75 Å². The summed E-state index contributed by atoms with van der Waals surface area (Å²) in [6, 6.07) is 15.6. The fourth-order valence-corrected chi connectivity index (χ4v) is 2.95. The van der Waals surface area contributed by atoms with Gasteiger partial charge in [-0.15, -0.1) is 24.0 Å². The van der Waals surface area contributed by atoms with Gasteiger partial charge in [-0.3, -0.25) is 4.79 Å². The Labute approximate surface area is 176 Å². The van der Waals surface area contributed by atoms with Gasteiger partial charge in [0, 0.05) is 17.7 Å². The fraction of sp³-hybridized carbons (Fsp3) is 0.300. The highest BCUT2D eigenvalue weighted by atomic mass is 127. The molecule has 1 heterocycles. The van der Waals surface area contributed by atoms with Gasteiger partial charge in [0.1, 0.15) is 12.3 Å². The number of carbonyl (C=O) groups is 1. The van der Waals surface area contributed by atoms with Crippen LogP contribution in [0.25, 0.3) is 0 Å². The first-order valence-electron chi connectivity index (χ1n) is 8.82. The average molecular weight is 480 g/mol.